The molecule has 0 unspecified atom stereocenters. The van der Waals surface area contributed by atoms with E-state index in [0.29, 0.717) is 23.0 Å². The number of nitrogen functional groups attached to an aromatic ring is 1. The summed E-state index contributed by atoms with van der Waals surface area (Å²) < 4.78 is 5.97. The fourth-order valence-corrected chi connectivity index (χ4v) is 2.29. The zero-order chi connectivity index (χ0) is 15.6. The van der Waals surface area contributed by atoms with E-state index < -0.39 is 0 Å². The normalized spacial score (nSPS) is 10.5. The Bertz CT molecular complexity index is 694. The van der Waals surface area contributed by atoms with Gasteiger partial charge in [0.15, 0.2) is 0 Å². The van der Waals surface area contributed by atoms with E-state index in [1.807, 2.05) is 27.7 Å². The van der Waals surface area contributed by atoms with Crippen molar-refractivity contribution in [1.29, 1.82) is 5.26 Å². The average molecular weight is 282 g/mol. The van der Waals surface area contributed by atoms with E-state index in [4.69, 9.17) is 15.7 Å². The quantitative estimate of drug-likeness (QED) is 0.931. The lowest BCUT2D eigenvalue weighted by Gasteiger charge is -2.16. The first-order valence-electron chi connectivity index (χ1n) is 6.73. The van der Waals surface area contributed by atoms with Crippen LogP contribution < -0.4 is 10.5 Å². The summed E-state index contributed by atoms with van der Waals surface area (Å²) >= 11 is 0. The number of benzene rings is 1. The Labute approximate surface area is 124 Å². The summed E-state index contributed by atoms with van der Waals surface area (Å²) in [6, 6.07) is 5.72. The van der Waals surface area contributed by atoms with Gasteiger partial charge in [-0.05, 0) is 43.0 Å². The lowest BCUT2D eigenvalue weighted by Crippen LogP contribution is -2.05. The maximum Gasteiger partial charge on any atom is 0.227 e. The lowest BCUT2D eigenvalue weighted by molar-refractivity contribution is 0.445. The smallest absolute Gasteiger partial charge is 0.227 e. The number of aromatic nitrogens is 2. The van der Waals surface area contributed by atoms with Crippen molar-refractivity contribution in [2.45, 2.75) is 33.6 Å². The number of rotatable bonds is 3. The van der Waals surface area contributed by atoms with Crippen molar-refractivity contribution < 1.29 is 4.74 Å². The summed E-state index contributed by atoms with van der Waals surface area (Å²) in [5, 5.41) is 8.99. The molecule has 0 spiro atoms. The van der Waals surface area contributed by atoms with E-state index in [1.165, 1.54) is 6.33 Å². The molecule has 1 aromatic carbocycles. The number of anilines is 1. The summed E-state index contributed by atoms with van der Waals surface area (Å²) in [4.78, 5) is 8.22. The van der Waals surface area contributed by atoms with Gasteiger partial charge in [0.05, 0.1) is 17.2 Å². The van der Waals surface area contributed by atoms with Gasteiger partial charge >= 0.3 is 0 Å². The molecule has 0 amide bonds. The molecule has 0 fully saturated rings. The van der Waals surface area contributed by atoms with Crippen LogP contribution in [0.3, 0.4) is 0 Å². The first-order chi connectivity index (χ1) is 9.93. The van der Waals surface area contributed by atoms with Crippen LogP contribution in [0.15, 0.2) is 18.5 Å². The third-order valence-corrected chi connectivity index (χ3v) is 3.24. The minimum Gasteiger partial charge on any atom is -0.438 e. The molecule has 0 aliphatic rings. The molecule has 0 saturated heterocycles. The third-order valence-electron chi connectivity index (χ3n) is 3.24. The molecule has 2 rings (SSSR count). The van der Waals surface area contributed by atoms with Crippen LogP contribution in [0, 0.1) is 25.2 Å². The van der Waals surface area contributed by atoms with Crippen molar-refractivity contribution in [2.75, 3.05) is 5.73 Å². The summed E-state index contributed by atoms with van der Waals surface area (Å²) in [5.41, 5.74) is 9.11. The molecule has 2 aromatic rings. The fourth-order valence-electron chi connectivity index (χ4n) is 2.29. The van der Waals surface area contributed by atoms with Crippen molar-refractivity contribution in [3.05, 3.63) is 40.7 Å². The number of nitrogens with two attached hydrogens (primary N) is 1. The highest BCUT2D eigenvalue weighted by atomic mass is 16.5. The summed E-state index contributed by atoms with van der Waals surface area (Å²) in [6.07, 6.45) is 1.39. The summed E-state index contributed by atoms with van der Waals surface area (Å²) in [6.45, 7) is 7.84. The minimum absolute atomic E-state index is 0.153. The van der Waals surface area contributed by atoms with Gasteiger partial charge in [-0.25, -0.2) is 9.97 Å². The Morgan fingerprint density at radius 1 is 1.19 bits per heavy atom. The predicted octanol–water partition coefficient (Wildman–Crippen LogP) is 3.46. The first kappa shape index (κ1) is 14.8. The van der Waals surface area contributed by atoms with Crippen LogP contribution in [-0.2, 0) is 0 Å². The van der Waals surface area contributed by atoms with Gasteiger partial charge in [0.2, 0.25) is 5.88 Å². The standard InChI is InChI=1S/C16H18N4O/c1-9(2)13-15(18)19-8-20-16(13)21-14-10(3)5-12(7-17)6-11(14)4/h5-6,8-9H,1-4H3,(H2,18,19,20). The van der Waals surface area contributed by atoms with Gasteiger partial charge in [0.25, 0.3) is 0 Å². The van der Waals surface area contributed by atoms with Crippen LogP contribution in [0.5, 0.6) is 11.6 Å². The molecule has 0 radical (unpaired) electrons. The average Bonchev–Trinajstić information content (AvgIpc) is 2.42. The first-order valence-corrected chi connectivity index (χ1v) is 6.73. The second kappa shape index (κ2) is 5.80. The Balaban J connectivity index is 2.49. The van der Waals surface area contributed by atoms with E-state index in [9.17, 15) is 0 Å². The van der Waals surface area contributed by atoms with Crippen LogP contribution >= 0.6 is 0 Å². The summed E-state index contributed by atoms with van der Waals surface area (Å²) in [5.74, 6) is 1.75. The monoisotopic (exact) mass is 282 g/mol. The number of aryl methyl sites for hydroxylation is 2. The molecule has 0 atom stereocenters. The van der Waals surface area contributed by atoms with Gasteiger partial charge in [-0.15, -0.1) is 0 Å². The van der Waals surface area contributed by atoms with Gasteiger partial charge < -0.3 is 10.5 Å². The van der Waals surface area contributed by atoms with E-state index in [1.54, 1.807) is 12.1 Å². The van der Waals surface area contributed by atoms with Crippen molar-refractivity contribution >= 4 is 5.82 Å². The Kier molecular flexibility index (Phi) is 4.08. The van der Waals surface area contributed by atoms with Crippen LogP contribution in [0.2, 0.25) is 0 Å². The van der Waals surface area contributed by atoms with E-state index >= 15 is 0 Å². The maximum absolute atomic E-state index is 8.99. The highest BCUT2D eigenvalue weighted by Crippen LogP contribution is 2.34. The molecular weight excluding hydrogens is 264 g/mol. The SMILES string of the molecule is Cc1cc(C#N)cc(C)c1Oc1ncnc(N)c1C(C)C. The molecule has 108 valence electrons. The van der Waals surface area contributed by atoms with Gasteiger partial charge in [-0.2, -0.15) is 5.26 Å². The molecule has 0 bridgehead atoms. The predicted molar refractivity (Wildman–Crippen MR) is 81.2 cm³/mol. The van der Waals surface area contributed by atoms with Crippen molar-refractivity contribution in [2.24, 2.45) is 0 Å². The molecule has 2 N–H and O–H groups in total. The zero-order valence-electron chi connectivity index (χ0n) is 12.6. The van der Waals surface area contributed by atoms with Crippen LogP contribution in [0.25, 0.3) is 0 Å². The molecule has 0 aliphatic carbocycles. The number of nitrogens with zero attached hydrogens (tertiary/aromatic N) is 3. The van der Waals surface area contributed by atoms with Gasteiger partial charge in [0.1, 0.15) is 17.9 Å². The zero-order valence-corrected chi connectivity index (χ0v) is 12.6. The van der Waals surface area contributed by atoms with Crippen molar-refractivity contribution in [3.63, 3.8) is 0 Å². The topological polar surface area (TPSA) is 84.8 Å². The second-order valence-electron chi connectivity index (χ2n) is 5.29. The molecule has 0 saturated carbocycles. The minimum atomic E-state index is 0.153. The van der Waals surface area contributed by atoms with E-state index in [-0.39, 0.29) is 5.92 Å². The Morgan fingerprint density at radius 3 is 2.33 bits per heavy atom. The second-order valence-corrected chi connectivity index (χ2v) is 5.29. The molecule has 5 nitrogen and oxygen atoms in total. The lowest BCUT2D eigenvalue weighted by atomic mass is 10.0. The maximum atomic E-state index is 8.99. The largest absolute Gasteiger partial charge is 0.438 e. The highest BCUT2D eigenvalue weighted by molar-refractivity contribution is 5.52. The molecule has 1 aromatic heterocycles. The molecular formula is C16H18N4O. The highest BCUT2D eigenvalue weighted by Gasteiger charge is 2.17. The number of hydrogen-bond acceptors (Lipinski definition) is 5. The van der Waals surface area contributed by atoms with E-state index in [0.717, 1.165) is 16.7 Å². The Morgan fingerprint density at radius 2 is 1.81 bits per heavy atom. The third kappa shape index (κ3) is 2.95. The fraction of sp³-hybridized carbons (Fsp3) is 0.312. The van der Waals surface area contributed by atoms with Crippen molar-refractivity contribution in [3.8, 4) is 17.7 Å². The number of nitriles is 1. The van der Waals surface area contributed by atoms with Gasteiger partial charge in [-0.3, -0.25) is 0 Å². The summed E-state index contributed by atoms with van der Waals surface area (Å²) in [7, 11) is 0. The number of ether oxygens (including phenoxy) is 1. The number of hydrogen-bond donors (Lipinski definition) is 1. The molecule has 1 heterocycles. The molecule has 5 heteroatoms. The van der Waals surface area contributed by atoms with Crippen LogP contribution in [0.4, 0.5) is 5.82 Å². The van der Waals surface area contributed by atoms with Gasteiger partial charge in [-0.1, -0.05) is 13.8 Å². The molecule has 0 aliphatic heterocycles. The van der Waals surface area contributed by atoms with Crippen LogP contribution in [0.1, 0.15) is 42.0 Å². The van der Waals surface area contributed by atoms with E-state index in [2.05, 4.69) is 16.0 Å². The van der Waals surface area contributed by atoms with Gasteiger partial charge in [0, 0.05) is 0 Å². The van der Waals surface area contributed by atoms with Crippen LogP contribution in [-0.4, -0.2) is 9.97 Å². The Hall–Kier alpha value is -2.61. The van der Waals surface area contributed by atoms with Crippen molar-refractivity contribution in [1.82, 2.24) is 9.97 Å². The molecule has 21 heavy (non-hydrogen) atoms.